The topological polar surface area (TPSA) is 50.4 Å². The molecule has 6 heteroatoms. The van der Waals surface area contributed by atoms with Crippen LogP contribution in [0.1, 0.15) is 10.4 Å². The first-order chi connectivity index (χ1) is 9.20. The average molecular weight is 301 g/mol. The Morgan fingerprint density at radius 2 is 2.47 bits per heavy atom. The molecule has 1 heterocycles. The predicted octanol–water partition coefficient (Wildman–Crippen LogP) is 1.78. The van der Waals surface area contributed by atoms with Crippen LogP contribution in [0.3, 0.4) is 0 Å². The lowest BCUT2D eigenvalue weighted by Gasteiger charge is -2.24. The predicted molar refractivity (Wildman–Crippen MR) is 78.2 cm³/mol. The van der Waals surface area contributed by atoms with Crippen LogP contribution in [0.25, 0.3) is 0 Å². The molecule has 1 aromatic carbocycles. The standard InChI is InChI=1S/C13H17ClN2O2S/c1-19-10-2-3-12(14)11(6-10)13(17)16-7-9-8-18-5-4-15-9/h2-3,6,9,15H,4-5,7-8H2,1H3,(H,16,17). The van der Waals surface area contributed by atoms with E-state index >= 15 is 0 Å². The number of morpholine rings is 1. The average Bonchev–Trinajstić information content (AvgIpc) is 2.46. The van der Waals surface area contributed by atoms with Gasteiger partial charge in [-0.3, -0.25) is 4.79 Å². The number of thioether (sulfide) groups is 1. The molecule has 1 aliphatic heterocycles. The normalized spacial score (nSPS) is 19.2. The summed E-state index contributed by atoms with van der Waals surface area (Å²) in [5.41, 5.74) is 0.519. The lowest BCUT2D eigenvalue weighted by Crippen LogP contribution is -2.48. The zero-order valence-corrected chi connectivity index (χ0v) is 12.3. The van der Waals surface area contributed by atoms with Gasteiger partial charge in [0.1, 0.15) is 0 Å². The van der Waals surface area contributed by atoms with Crippen molar-refractivity contribution in [3.63, 3.8) is 0 Å². The zero-order chi connectivity index (χ0) is 13.7. The molecule has 4 nitrogen and oxygen atoms in total. The molecule has 0 aromatic heterocycles. The minimum atomic E-state index is -0.145. The number of ether oxygens (including phenoxy) is 1. The molecule has 1 saturated heterocycles. The molecule has 0 saturated carbocycles. The maximum atomic E-state index is 12.1. The van der Waals surface area contributed by atoms with Gasteiger partial charge in [0.2, 0.25) is 0 Å². The monoisotopic (exact) mass is 300 g/mol. The van der Waals surface area contributed by atoms with Crippen molar-refractivity contribution in [2.24, 2.45) is 0 Å². The first-order valence-electron chi connectivity index (χ1n) is 6.13. The molecule has 0 spiro atoms. The molecule has 1 aromatic rings. The minimum absolute atomic E-state index is 0.145. The van der Waals surface area contributed by atoms with Crippen molar-refractivity contribution in [2.45, 2.75) is 10.9 Å². The summed E-state index contributed by atoms with van der Waals surface area (Å²) in [6, 6.07) is 5.64. The Morgan fingerprint density at radius 3 is 3.16 bits per heavy atom. The molecule has 0 aliphatic carbocycles. The Kier molecular flexibility index (Phi) is 5.51. The third kappa shape index (κ3) is 4.11. The first-order valence-corrected chi connectivity index (χ1v) is 7.74. The molecule has 1 unspecified atom stereocenters. The molecule has 0 radical (unpaired) electrons. The molecular weight excluding hydrogens is 284 g/mol. The van der Waals surface area contributed by atoms with Crippen molar-refractivity contribution in [1.82, 2.24) is 10.6 Å². The van der Waals surface area contributed by atoms with E-state index in [1.165, 1.54) is 0 Å². The van der Waals surface area contributed by atoms with Crippen molar-refractivity contribution in [2.75, 3.05) is 32.6 Å². The molecule has 1 fully saturated rings. The quantitative estimate of drug-likeness (QED) is 0.832. The summed E-state index contributed by atoms with van der Waals surface area (Å²) in [7, 11) is 0. The molecule has 2 rings (SSSR count). The second-order valence-electron chi connectivity index (χ2n) is 4.28. The molecular formula is C13H17ClN2O2S. The molecule has 1 atom stereocenters. The lowest BCUT2D eigenvalue weighted by molar-refractivity contribution is 0.0734. The third-order valence-corrected chi connectivity index (χ3v) is 3.98. The Labute approximate surface area is 122 Å². The van der Waals surface area contributed by atoms with Crippen LogP contribution in [0.5, 0.6) is 0 Å². The van der Waals surface area contributed by atoms with Crippen LogP contribution in [0.15, 0.2) is 23.1 Å². The van der Waals surface area contributed by atoms with Gasteiger partial charge in [0.05, 0.1) is 23.8 Å². The summed E-state index contributed by atoms with van der Waals surface area (Å²) in [6.45, 7) is 2.72. The smallest absolute Gasteiger partial charge is 0.252 e. The summed E-state index contributed by atoms with van der Waals surface area (Å²) in [6.07, 6.45) is 1.97. The highest BCUT2D eigenvalue weighted by molar-refractivity contribution is 7.98. The number of halogens is 1. The number of carbonyl (C=O) groups is 1. The van der Waals surface area contributed by atoms with Gasteiger partial charge >= 0.3 is 0 Å². The Bertz CT molecular complexity index is 450. The van der Waals surface area contributed by atoms with E-state index in [1.807, 2.05) is 18.4 Å². The van der Waals surface area contributed by atoms with Crippen molar-refractivity contribution < 1.29 is 9.53 Å². The van der Waals surface area contributed by atoms with Crippen molar-refractivity contribution >= 4 is 29.3 Å². The highest BCUT2D eigenvalue weighted by Gasteiger charge is 2.16. The number of rotatable bonds is 4. The van der Waals surface area contributed by atoms with Gasteiger partial charge in [0.15, 0.2) is 0 Å². The second-order valence-corrected chi connectivity index (χ2v) is 5.57. The van der Waals surface area contributed by atoms with Gasteiger partial charge in [0, 0.05) is 24.0 Å². The van der Waals surface area contributed by atoms with Gasteiger partial charge in [0.25, 0.3) is 5.91 Å². The minimum Gasteiger partial charge on any atom is -0.378 e. The van der Waals surface area contributed by atoms with Gasteiger partial charge in [-0.15, -0.1) is 11.8 Å². The summed E-state index contributed by atoms with van der Waals surface area (Å²) < 4.78 is 5.34. The third-order valence-electron chi connectivity index (χ3n) is 2.93. The molecule has 1 amide bonds. The van der Waals surface area contributed by atoms with Crippen LogP contribution >= 0.6 is 23.4 Å². The molecule has 1 aliphatic rings. The fraction of sp³-hybridized carbons (Fsp3) is 0.462. The van der Waals surface area contributed by atoms with E-state index in [4.69, 9.17) is 16.3 Å². The molecule has 2 N–H and O–H groups in total. The molecule has 19 heavy (non-hydrogen) atoms. The number of amides is 1. The maximum Gasteiger partial charge on any atom is 0.252 e. The fourth-order valence-corrected chi connectivity index (χ4v) is 2.51. The number of hydrogen-bond donors (Lipinski definition) is 2. The number of benzene rings is 1. The maximum absolute atomic E-state index is 12.1. The van der Waals surface area contributed by atoms with E-state index in [1.54, 1.807) is 17.8 Å². The summed E-state index contributed by atoms with van der Waals surface area (Å²) >= 11 is 7.64. The van der Waals surface area contributed by atoms with Crippen LogP contribution in [-0.4, -0.2) is 44.5 Å². The van der Waals surface area contributed by atoms with E-state index in [0.29, 0.717) is 23.7 Å². The van der Waals surface area contributed by atoms with E-state index in [0.717, 1.165) is 18.0 Å². The van der Waals surface area contributed by atoms with Crippen LogP contribution in [0.4, 0.5) is 0 Å². The zero-order valence-electron chi connectivity index (χ0n) is 10.7. The SMILES string of the molecule is CSc1ccc(Cl)c(C(=O)NCC2COCCN2)c1. The Morgan fingerprint density at radius 1 is 1.63 bits per heavy atom. The molecule has 104 valence electrons. The summed E-state index contributed by atoms with van der Waals surface area (Å²) in [5.74, 6) is -0.145. The first kappa shape index (κ1) is 14.7. The Balaban J connectivity index is 1.95. The van der Waals surface area contributed by atoms with Gasteiger partial charge in [-0.2, -0.15) is 0 Å². The number of carbonyl (C=O) groups excluding carboxylic acids is 1. The van der Waals surface area contributed by atoms with Crippen LogP contribution in [0.2, 0.25) is 5.02 Å². The van der Waals surface area contributed by atoms with Crippen LogP contribution in [-0.2, 0) is 4.74 Å². The summed E-state index contributed by atoms with van der Waals surface area (Å²) in [4.78, 5) is 13.1. The lowest BCUT2D eigenvalue weighted by atomic mass is 10.2. The van der Waals surface area contributed by atoms with E-state index < -0.39 is 0 Å². The fourth-order valence-electron chi connectivity index (χ4n) is 1.87. The molecule has 0 bridgehead atoms. The van der Waals surface area contributed by atoms with Crippen molar-refractivity contribution in [1.29, 1.82) is 0 Å². The van der Waals surface area contributed by atoms with Gasteiger partial charge in [-0.25, -0.2) is 0 Å². The van der Waals surface area contributed by atoms with Gasteiger partial charge in [-0.05, 0) is 24.5 Å². The van der Waals surface area contributed by atoms with Crippen molar-refractivity contribution in [3.05, 3.63) is 28.8 Å². The number of nitrogens with one attached hydrogen (secondary N) is 2. The van der Waals surface area contributed by atoms with E-state index in [2.05, 4.69) is 10.6 Å². The van der Waals surface area contributed by atoms with Gasteiger partial charge < -0.3 is 15.4 Å². The highest BCUT2D eigenvalue weighted by Crippen LogP contribution is 2.22. The van der Waals surface area contributed by atoms with E-state index in [-0.39, 0.29) is 11.9 Å². The Hall–Kier alpha value is -0.750. The largest absolute Gasteiger partial charge is 0.378 e. The highest BCUT2D eigenvalue weighted by atomic mass is 35.5. The summed E-state index contributed by atoms with van der Waals surface area (Å²) in [5, 5.41) is 6.65. The second kappa shape index (κ2) is 7.14. The van der Waals surface area contributed by atoms with Gasteiger partial charge in [-0.1, -0.05) is 11.6 Å². The number of hydrogen-bond acceptors (Lipinski definition) is 4. The van der Waals surface area contributed by atoms with Crippen LogP contribution in [0, 0.1) is 0 Å². The van der Waals surface area contributed by atoms with Crippen molar-refractivity contribution in [3.8, 4) is 0 Å². The van der Waals surface area contributed by atoms with E-state index in [9.17, 15) is 4.79 Å². The van der Waals surface area contributed by atoms with Crippen LogP contribution < -0.4 is 10.6 Å².